The Kier molecular flexibility index (Phi) is 7.43. The maximum Gasteiger partial charge on any atom is 0.408 e. The lowest BCUT2D eigenvalue weighted by Gasteiger charge is -2.26. The van der Waals surface area contributed by atoms with E-state index in [0.29, 0.717) is 17.3 Å². The topological polar surface area (TPSA) is 98.8 Å². The number of aromatic nitrogens is 1. The van der Waals surface area contributed by atoms with E-state index in [0.717, 1.165) is 24.2 Å². The molecule has 1 aliphatic rings. The Labute approximate surface area is 211 Å². The van der Waals surface area contributed by atoms with Gasteiger partial charge in [0, 0.05) is 6.07 Å². The molecule has 0 saturated heterocycles. The van der Waals surface area contributed by atoms with Crippen molar-refractivity contribution in [3.8, 4) is 17.4 Å². The molecule has 0 saturated carbocycles. The van der Waals surface area contributed by atoms with Crippen molar-refractivity contribution in [1.82, 2.24) is 10.3 Å². The monoisotopic (exact) mass is 489 g/mol. The molecule has 2 amide bonds. The summed E-state index contributed by atoms with van der Waals surface area (Å²) in [5, 5.41) is 5.22. The van der Waals surface area contributed by atoms with Crippen LogP contribution in [0.5, 0.6) is 17.4 Å². The zero-order valence-electron chi connectivity index (χ0n) is 20.9. The number of hydrogen-bond donors (Lipinski definition) is 2. The lowest BCUT2D eigenvalue weighted by atomic mass is 9.97. The molecule has 1 unspecified atom stereocenters. The molecule has 8 nitrogen and oxygen atoms in total. The smallest absolute Gasteiger partial charge is 0.408 e. The summed E-state index contributed by atoms with van der Waals surface area (Å²) in [6.07, 6.45) is 2.68. The predicted octanol–water partition coefficient (Wildman–Crippen LogP) is 5.79. The Hall–Kier alpha value is -4.07. The summed E-state index contributed by atoms with van der Waals surface area (Å²) in [5.74, 6) is 1.53. The average molecular weight is 490 g/mol. The second-order valence-corrected chi connectivity index (χ2v) is 9.67. The third kappa shape index (κ3) is 6.75. The molecule has 8 heteroatoms. The van der Waals surface area contributed by atoms with E-state index >= 15 is 0 Å². The minimum Gasteiger partial charge on any atom is -0.485 e. The quantitative estimate of drug-likeness (QED) is 0.455. The van der Waals surface area contributed by atoms with E-state index in [2.05, 4.69) is 27.8 Å². The Morgan fingerprint density at radius 1 is 1.08 bits per heavy atom. The van der Waals surface area contributed by atoms with Crippen molar-refractivity contribution in [3.63, 3.8) is 0 Å². The number of carbonyl (C=O) groups is 2. The molecule has 1 aliphatic heterocycles. The molecule has 4 rings (SSSR count). The van der Waals surface area contributed by atoms with Crippen LogP contribution < -0.4 is 20.1 Å². The second kappa shape index (κ2) is 10.7. The number of anilines is 1. The highest BCUT2D eigenvalue weighted by Gasteiger charge is 2.23. The third-order valence-electron chi connectivity index (χ3n) is 5.50. The molecular formula is C28H31N3O5. The van der Waals surface area contributed by atoms with Gasteiger partial charge in [-0.25, -0.2) is 9.78 Å². The molecule has 3 aromatic rings. The maximum atomic E-state index is 12.4. The van der Waals surface area contributed by atoms with Crippen LogP contribution in [-0.4, -0.2) is 28.6 Å². The van der Waals surface area contributed by atoms with Crippen LogP contribution in [0.1, 0.15) is 51.3 Å². The molecule has 188 valence electrons. The van der Waals surface area contributed by atoms with E-state index in [9.17, 15) is 9.59 Å². The van der Waals surface area contributed by atoms with Crippen molar-refractivity contribution in [2.45, 2.75) is 58.3 Å². The Bertz CT molecular complexity index is 1210. The van der Waals surface area contributed by atoms with Gasteiger partial charge in [0.25, 0.3) is 0 Å². The number of nitrogens with one attached hydrogen (secondary N) is 2. The first kappa shape index (κ1) is 25.0. The number of aryl methyl sites for hydroxylation is 1. The van der Waals surface area contributed by atoms with Crippen molar-refractivity contribution in [3.05, 3.63) is 78.0 Å². The summed E-state index contributed by atoms with van der Waals surface area (Å²) in [6.45, 7) is 6.84. The molecule has 1 aromatic heterocycles. The summed E-state index contributed by atoms with van der Waals surface area (Å²) in [7, 11) is 0. The van der Waals surface area contributed by atoms with Gasteiger partial charge in [0.1, 0.15) is 29.2 Å². The molecular weight excluding hydrogens is 458 g/mol. The molecule has 2 atom stereocenters. The number of pyridine rings is 1. The summed E-state index contributed by atoms with van der Waals surface area (Å²) in [6, 6.07) is 18.5. The van der Waals surface area contributed by atoms with E-state index in [1.54, 1.807) is 39.8 Å². The van der Waals surface area contributed by atoms with Gasteiger partial charge in [-0.05, 0) is 75.9 Å². The summed E-state index contributed by atoms with van der Waals surface area (Å²) >= 11 is 0. The fraction of sp³-hybridized carbons (Fsp3) is 0.321. The van der Waals surface area contributed by atoms with Crippen molar-refractivity contribution in [2.75, 3.05) is 5.32 Å². The van der Waals surface area contributed by atoms with Crippen molar-refractivity contribution >= 4 is 17.7 Å². The molecule has 0 radical (unpaired) electrons. The number of fused-ring (bicyclic) bond motifs is 1. The number of carbonyl (C=O) groups excluding carboxylic acids is 2. The highest BCUT2D eigenvalue weighted by Crippen LogP contribution is 2.37. The number of alkyl carbamates (subject to hydrolysis) is 1. The summed E-state index contributed by atoms with van der Waals surface area (Å²) in [5.41, 5.74) is 2.11. The molecule has 2 aromatic carbocycles. The molecule has 0 aliphatic carbocycles. The Morgan fingerprint density at radius 2 is 1.86 bits per heavy atom. The third-order valence-corrected chi connectivity index (χ3v) is 5.50. The fourth-order valence-corrected chi connectivity index (χ4v) is 3.77. The first-order chi connectivity index (χ1) is 17.2. The van der Waals surface area contributed by atoms with Crippen LogP contribution in [0.4, 0.5) is 10.5 Å². The van der Waals surface area contributed by atoms with E-state index in [1.807, 2.05) is 36.4 Å². The van der Waals surface area contributed by atoms with Crippen LogP contribution >= 0.6 is 0 Å². The highest BCUT2D eigenvalue weighted by molar-refractivity contribution is 5.96. The Balaban J connectivity index is 1.31. The zero-order chi connectivity index (χ0) is 25.7. The van der Waals surface area contributed by atoms with E-state index in [1.165, 1.54) is 11.8 Å². The largest absolute Gasteiger partial charge is 0.485 e. The minimum atomic E-state index is -0.782. The van der Waals surface area contributed by atoms with E-state index in [-0.39, 0.29) is 12.0 Å². The van der Waals surface area contributed by atoms with Gasteiger partial charge in [-0.2, -0.15) is 0 Å². The normalized spacial score (nSPS) is 15.6. The lowest BCUT2D eigenvalue weighted by molar-refractivity contribution is -0.117. The first-order valence-corrected chi connectivity index (χ1v) is 11.9. The fourth-order valence-electron chi connectivity index (χ4n) is 3.77. The van der Waals surface area contributed by atoms with Gasteiger partial charge in [-0.1, -0.05) is 30.3 Å². The summed E-state index contributed by atoms with van der Waals surface area (Å²) in [4.78, 5) is 28.5. The van der Waals surface area contributed by atoms with Gasteiger partial charge in [-0.15, -0.1) is 0 Å². The first-order valence-electron chi connectivity index (χ1n) is 11.9. The number of hydrogen-bond acceptors (Lipinski definition) is 6. The van der Waals surface area contributed by atoms with E-state index in [4.69, 9.17) is 14.2 Å². The standard InChI is InChI=1S/C28H31N3O5/c1-18(30-27(33)36-28(2,3)4)26(32)31-21-11-15-25(29-17-21)34-22-12-14-24-20(16-22)10-13-23(35-24)19-8-6-5-7-9-19/h5-9,11-12,14-18,23H,10,13H2,1-4H3,(H,30,33)(H,31,32)/t18?,23-/m1/s1. The van der Waals surface area contributed by atoms with Crippen molar-refractivity contribution in [2.24, 2.45) is 0 Å². The minimum absolute atomic E-state index is 0.0527. The average Bonchev–Trinajstić information content (AvgIpc) is 2.84. The Morgan fingerprint density at radius 3 is 2.56 bits per heavy atom. The number of ether oxygens (including phenoxy) is 3. The number of amides is 2. The molecule has 2 N–H and O–H groups in total. The lowest BCUT2D eigenvalue weighted by Crippen LogP contribution is -2.43. The number of rotatable bonds is 6. The molecule has 36 heavy (non-hydrogen) atoms. The van der Waals surface area contributed by atoms with Crippen LogP contribution in [0.2, 0.25) is 0 Å². The second-order valence-electron chi connectivity index (χ2n) is 9.67. The van der Waals surface area contributed by atoms with Crippen LogP contribution in [0.15, 0.2) is 66.9 Å². The van der Waals surface area contributed by atoms with Gasteiger partial charge >= 0.3 is 6.09 Å². The van der Waals surface area contributed by atoms with Crippen LogP contribution in [0.25, 0.3) is 0 Å². The predicted molar refractivity (Wildman–Crippen MR) is 136 cm³/mol. The highest BCUT2D eigenvalue weighted by atomic mass is 16.6. The molecule has 2 heterocycles. The number of benzene rings is 2. The molecule has 0 spiro atoms. The SMILES string of the molecule is CC(NC(=O)OC(C)(C)C)C(=O)Nc1ccc(Oc2ccc3c(c2)CC[C@H](c2ccccc2)O3)nc1. The maximum absolute atomic E-state index is 12.4. The van der Waals surface area contributed by atoms with Crippen molar-refractivity contribution in [1.29, 1.82) is 0 Å². The van der Waals surface area contributed by atoms with Gasteiger partial charge in [0.2, 0.25) is 11.8 Å². The van der Waals surface area contributed by atoms with Gasteiger partial charge in [-0.3, -0.25) is 4.79 Å². The van der Waals surface area contributed by atoms with Crippen LogP contribution in [0.3, 0.4) is 0 Å². The molecule has 0 bridgehead atoms. The number of nitrogens with zero attached hydrogens (tertiary/aromatic N) is 1. The van der Waals surface area contributed by atoms with Crippen LogP contribution in [0, 0.1) is 0 Å². The van der Waals surface area contributed by atoms with Gasteiger partial charge in [0.05, 0.1) is 11.9 Å². The van der Waals surface area contributed by atoms with Crippen molar-refractivity contribution < 1.29 is 23.8 Å². The van der Waals surface area contributed by atoms with E-state index < -0.39 is 17.7 Å². The van der Waals surface area contributed by atoms with Crippen LogP contribution in [-0.2, 0) is 16.0 Å². The van der Waals surface area contributed by atoms with Gasteiger partial charge in [0.15, 0.2) is 0 Å². The van der Waals surface area contributed by atoms with Gasteiger partial charge < -0.3 is 24.8 Å². The zero-order valence-corrected chi connectivity index (χ0v) is 20.9. The molecule has 0 fully saturated rings. The summed E-state index contributed by atoms with van der Waals surface area (Å²) < 4.78 is 17.3.